The van der Waals surface area contributed by atoms with Crippen LogP contribution in [0.15, 0.2) is 77.7 Å². The van der Waals surface area contributed by atoms with Crippen LogP contribution in [0.25, 0.3) is 11.1 Å². The molecular formula is C20H18O4S. The minimum Gasteiger partial charge on any atom is -0.489 e. The van der Waals surface area contributed by atoms with Gasteiger partial charge in [-0.05, 0) is 35.2 Å². The topological polar surface area (TPSA) is 63.6 Å². The Morgan fingerprint density at radius 2 is 1.52 bits per heavy atom. The molecule has 0 saturated carbocycles. The third-order valence-corrected chi connectivity index (χ3v) is 4.76. The van der Waals surface area contributed by atoms with Crippen molar-refractivity contribution in [3.8, 4) is 16.9 Å². The standard InChI is InChI=1S/C20H18O4S/c1-15-7-12-19(25(21,22)23)13-20(15)24-14-16-8-10-18(11-9-16)17-5-3-2-4-6-17/h2-13H,14H2,1H3,(H,21,22,23). The average molecular weight is 354 g/mol. The van der Waals surface area contributed by atoms with E-state index in [9.17, 15) is 8.42 Å². The fourth-order valence-electron chi connectivity index (χ4n) is 2.48. The van der Waals surface area contributed by atoms with Gasteiger partial charge >= 0.3 is 0 Å². The molecule has 128 valence electrons. The van der Waals surface area contributed by atoms with Crippen LogP contribution in [0.2, 0.25) is 0 Å². The van der Waals surface area contributed by atoms with E-state index in [1.807, 2.05) is 49.4 Å². The molecule has 0 amide bonds. The van der Waals surface area contributed by atoms with E-state index in [0.29, 0.717) is 12.4 Å². The fourth-order valence-corrected chi connectivity index (χ4v) is 2.98. The van der Waals surface area contributed by atoms with E-state index in [0.717, 1.165) is 22.3 Å². The van der Waals surface area contributed by atoms with Crippen LogP contribution in [0, 0.1) is 6.92 Å². The van der Waals surface area contributed by atoms with Crippen molar-refractivity contribution in [2.24, 2.45) is 0 Å². The maximum absolute atomic E-state index is 11.2. The van der Waals surface area contributed by atoms with Gasteiger partial charge < -0.3 is 4.74 Å². The lowest BCUT2D eigenvalue weighted by Crippen LogP contribution is -2.01. The molecule has 0 fully saturated rings. The molecule has 0 radical (unpaired) electrons. The smallest absolute Gasteiger partial charge is 0.294 e. The van der Waals surface area contributed by atoms with Gasteiger partial charge in [0.05, 0.1) is 4.90 Å². The van der Waals surface area contributed by atoms with Gasteiger partial charge in [0.25, 0.3) is 10.1 Å². The monoisotopic (exact) mass is 354 g/mol. The molecule has 0 aliphatic carbocycles. The van der Waals surface area contributed by atoms with E-state index >= 15 is 0 Å². The molecule has 0 aliphatic heterocycles. The lowest BCUT2D eigenvalue weighted by Gasteiger charge is -2.11. The first-order chi connectivity index (χ1) is 11.9. The van der Waals surface area contributed by atoms with Gasteiger partial charge in [-0.1, -0.05) is 60.7 Å². The minimum absolute atomic E-state index is 0.174. The predicted octanol–water partition coefficient (Wildman–Crippen LogP) is 4.49. The van der Waals surface area contributed by atoms with Gasteiger partial charge in [-0.3, -0.25) is 4.55 Å². The Morgan fingerprint density at radius 1 is 0.880 bits per heavy atom. The Bertz CT molecular complexity index is 962. The molecule has 0 heterocycles. The molecule has 4 nitrogen and oxygen atoms in total. The molecule has 0 atom stereocenters. The summed E-state index contributed by atoms with van der Waals surface area (Å²) in [6.07, 6.45) is 0. The highest BCUT2D eigenvalue weighted by Gasteiger charge is 2.12. The Morgan fingerprint density at radius 3 is 2.16 bits per heavy atom. The van der Waals surface area contributed by atoms with Gasteiger partial charge in [0, 0.05) is 6.07 Å². The van der Waals surface area contributed by atoms with Crippen LogP contribution < -0.4 is 4.74 Å². The highest BCUT2D eigenvalue weighted by atomic mass is 32.2. The lowest BCUT2D eigenvalue weighted by molar-refractivity contribution is 0.303. The van der Waals surface area contributed by atoms with E-state index in [1.165, 1.54) is 12.1 Å². The lowest BCUT2D eigenvalue weighted by atomic mass is 10.0. The first-order valence-electron chi connectivity index (χ1n) is 7.79. The van der Waals surface area contributed by atoms with Crippen molar-refractivity contribution >= 4 is 10.1 Å². The summed E-state index contributed by atoms with van der Waals surface area (Å²) in [5.41, 5.74) is 4.03. The van der Waals surface area contributed by atoms with Crippen LogP contribution in [-0.2, 0) is 16.7 Å². The van der Waals surface area contributed by atoms with E-state index in [4.69, 9.17) is 9.29 Å². The molecule has 0 saturated heterocycles. The first kappa shape index (κ1) is 17.2. The van der Waals surface area contributed by atoms with E-state index in [1.54, 1.807) is 6.07 Å². The van der Waals surface area contributed by atoms with Gasteiger partial charge in [-0.15, -0.1) is 0 Å². The van der Waals surface area contributed by atoms with Crippen molar-refractivity contribution in [2.45, 2.75) is 18.4 Å². The number of rotatable bonds is 5. The Balaban J connectivity index is 1.74. The SMILES string of the molecule is Cc1ccc(S(=O)(=O)O)cc1OCc1ccc(-c2ccccc2)cc1. The molecule has 0 aromatic heterocycles. The van der Waals surface area contributed by atoms with Crippen molar-refractivity contribution in [3.05, 3.63) is 83.9 Å². The minimum atomic E-state index is -4.24. The van der Waals surface area contributed by atoms with E-state index in [2.05, 4.69) is 12.1 Å². The summed E-state index contributed by atoms with van der Waals surface area (Å²) in [5, 5.41) is 0. The van der Waals surface area contributed by atoms with Crippen LogP contribution in [0.1, 0.15) is 11.1 Å². The Labute approximate surface area is 147 Å². The Hall–Kier alpha value is -2.63. The van der Waals surface area contributed by atoms with Crippen molar-refractivity contribution in [3.63, 3.8) is 0 Å². The number of hydrogen-bond donors (Lipinski definition) is 1. The fraction of sp³-hybridized carbons (Fsp3) is 0.100. The average Bonchev–Trinajstić information content (AvgIpc) is 2.61. The second-order valence-corrected chi connectivity index (χ2v) is 7.18. The molecule has 0 bridgehead atoms. The van der Waals surface area contributed by atoms with Crippen LogP contribution in [0.4, 0.5) is 0 Å². The number of aryl methyl sites for hydroxylation is 1. The maximum Gasteiger partial charge on any atom is 0.294 e. The zero-order chi connectivity index (χ0) is 17.9. The molecule has 0 spiro atoms. The molecule has 0 aliphatic rings. The third kappa shape index (κ3) is 4.26. The normalized spacial score (nSPS) is 11.3. The first-order valence-corrected chi connectivity index (χ1v) is 9.23. The van der Waals surface area contributed by atoms with Crippen molar-refractivity contribution in [1.29, 1.82) is 0 Å². The molecule has 5 heteroatoms. The summed E-state index contributed by atoms with van der Waals surface area (Å²) in [5.74, 6) is 0.433. The number of benzene rings is 3. The second-order valence-electron chi connectivity index (χ2n) is 5.75. The maximum atomic E-state index is 11.2. The number of ether oxygens (including phenoxy) is 1. The molecule has 3 rings (SSSR count). The quantitative estimate of drug-likeness (QED) is 0.686. The van der Waals surface area contributed by atoms with Gasteiger partial charge in [0.15, 0.2) is 0 Å². The zero-order valence-corrected chi connectivity index (χ0v) is 14.5. The highest BCUT2D eigenvalue weighted by molar-refractivity contribution is 7.85. The summed E-state index contributed by atoms with van der Waals surface area (Å²) in [6, 6.07) is 22.4. The molecule has 0 unspecified atom stereocenters. The summed E-state index contributed by atoms with van der Waals surface area (Å²) in [7, 11) is -4.24. The van der Waals surface area contributed by atoms with Crippen LogP contribution in [-0.4, -0.2) is 13.0 Å². The summed E-state index contributed by atoms with van der Waals surface area (Å²) in [6.45, 7) is 2.13. The van der Waals surface area contributed by atoms with Crippen molar-refractivity contribution < 1.29 is 17.7 Å². The van der Waals surface area contributed by atoms with Gasteiger partial charge in [-0.2, -0.15) is 8.42 Å². The summed E-state index contributed by atoms with van der Waals surface area (Å²) in [4.78, 5) is -0.174. The highest BCUT2D eigenvalue weighted by Crippen LogP contribution is 2.24. The molecule has 1 N–H and O–H groups in total. The molecular weight excluding hydrogens is 336 g/mol. The number of hydrogen-bond acceptors (Lipinski definition) is 3. The second kappa shape index (κ2) is 7.09. The van der Waals surface area contributed by atoms with Crippen molar-refractivity contribution in [2.75, 3.05) is 0 Å². The van der Waals surface area contributed by atoms with Gasteiger partial charge in [0.1, 0.15) is 12.4 Å². The van der Waals surface area contributed by atoms with E-state index in [-0.39, 0.29) is 4.90 Å². The predicted molar refractivity (Wildman–Crippen MR) is 97.2 cm³/mol. The molecule has 25 heavy (non-hydrogen) atoms. The van der Waals surface area contributed by atoms with Gasteiger partial charge in [-0.25, -0.2) is 0 Å². The molecule has 3 aromatic rings. The van der Waals surface area contributed by atoms with Gasteiger partial charge in [0.2, 0.25) is 0 Å². The third-order valence-electron chi connectivity index (χ3n) is 3.91. The van der Waals surface area contributed by atoms with Crippen LogP contribution >= 0.6 is 0 Å². The van der Waals surface area contributed by atoms with Crippen LogP contribution in [0.5, 0.6) is 5.75 Å². The van der Waals surface area contributed by atoms with E-state index < -0.39 is 10.1 Å². The zero-order valence-electron chi connectivity index (χ0n) is 13.7. The summed E-state index contributed by atoms with van der Waals surface area (Å²) >= 11 is 0. The summed E-state index contributed by atoms with van der Waals surface area (Å²) < 4.78 is 37.4. The van der Waals surface area contributed by atoms with Crippen LogP contribution in [0.3, 0.4) is 0 Å². The Kier molecular flexibility index (Phi) is 4.88. The largest absolute Gasteiger partial charge is 0.489 e. The molecule has 3 aromatic carbocycles. The van der Waals surface area contributed by atoms with Crippen molar-refractivity contribution in [1.82, 2.24) is 0 Å².